The summed E-state index contributed by atoms with van der Waals surface area (Å²) in [6.07, 6.45) is 5.97. The molecule has 1 aromatic heterocycles. The summed E-state index contributed by atoms with van der Waals surface area (Å²) in [6.45, 7) is 2.11. The summed E-state index contributed by atoms with van der Waals surface area (Å²) in [5.41, 5.74) is 4.97. The third kappa shape index (κ3) is 4.72. The monoisotopic (exact) mass is 452 g/mol. The minimum Gasteiger partial charge on any atom is -0.349 e. The number of amides is 1. The molecule has 5 rings (SSSR count). The van der Waals surface area contributed by atoms with Gasteiger partial charge in [0, 0.05) is 23.2 Å². The van der Waals surface area contributed by atoms with Crippen molar-refractivity contribution in [2.75, 3.05) is 0 Å². The fourth-order valence-corrected chi connectivity index (χ4v) is 5.28. The van der Waals surface area contributed by atoms with Gasteiger partial charge in [0.05, 0.1) is 5.52 Å². The number of pyridine rings is 1. The molecule has 0 radical (unpaired) electrons. The van der Waals surface area contributed by atoms with E-state index in [1.54, 1.807) is 12.1 Å². The Hall–Kier alpha value is -3.53. The zero-order chi connectivity index (χ0) is 23.5. The van der Waals surface area contributed by atoms with Crippen molar-refractivity contribution in [3.8, 4) is 11.1 Å². The van der Waals surface area contributed by atoms with Crippen molar-refractivity contribution in [2.24, 2.45) is 5.92 Å². The minimum atomic E-state index is -0.219. The second kappa shape index (κ2) is 9.76. The van der Waals surface area contributed by atoms with E-state index in [-0.39, 0.29) is 17.8 Å². The van der Waals surface area contributed by atoms with E-state index in [1.165, 1.54) is 11.6 Å². The first kappa shape index (κ1) is 22.3. The molecule has 3 aromatic carbocycles. The highest BCUT2D eigenvalue weighted by Crippen LogP contribution is 2.39. The number of carbonyl (C=O) groups excluding carboxylic acids is 1. The standard InChI is InChI=1S/C30H29FN2O/c1-20(33-30(34)25-13-9-23(10-14-25)22-5-3-2-4-6-22)21-7-11-24(12-8-21)27-17-18-32-29-16-15-26(31)19-28(27)29/h2-6,9-10,13-21,24H,7-8,11-12H2,1H3,(H,33,34)/t20-,21?,24?/m1/s1. The van der Waals surface area contributed by atoms with Gasteiger partial charge in [-0.1, -0.05) is 42.5 Å². The highest BCUT2D eigenvalue weighted by Gasteiger charge is 2.28. The highest BCUT2D eigenvalue weighted by molar-refractivity contribution is 5.94. The molecule has 4 heteroatoms. The maximum Gasteiger partial charge on any atom is 0.251 e. The molecule has 1 atom stereocenters. The Morgan fingerprint density at radius 2 is 1.62 bits per heavy atom. The van der Waals surface area contributed by atoms with Gasteiger partial charge in [-0.25, -0.2) is 4.39 Å². The van der Waals surface area contributed by atoms with Crippen molar-refractivity contribution in [3.05, 3.63) is 102 Å². The fourth-order valence-electron chi connectivity index (χ4n) is 5.28. The number of nitrogens with one attached hydrogen (secondary N) is 1. The van der Waals surface area contributed by atoms with Gasteiger partial charge in [-0.3, -0.25) is 9.78 Å². The molecule has 4 aromatic rings. The van der Waals surface area contributed by atoms with E-state index in [0.717, 1.165) is 47.7 Å². The molecule has 1 aliphatic carbocycles. The summed E-state index contributed by atoms with van der Waals surface area (Å²) in [4.78, 5) is 17.2. The molecule has 0 spiro atoms. The Morgan fingerprint density at radius 3 is 2.35 bits per heavy atom. The van der Waals surface area contributed by atoms with Crippen LogP contribution in [-0.2, 0) is 0 Å². The Balaban J connectivity index is 1.20. The third-order valence-corrected chi connectivity index (χ3v) is 7.27. The van der Waals surface area contributed by atoms with Crippen molar-refractivity contribution < 1.29 is 9.18 Å². The topological polar surface area (TPSA) is 42.0 Å². The molecular formula is C30H29FN2O. The van der Waals surface area contributed by atoms with Gasteiger partial charge < -0.3 is 5.32 Å². The number of fused-ring (bicyclic) bond motifs is 1. The quantitative estimate of drug-likeness (QED) is 0.350. The molecule has 1 N–H and O–H groups in total. The van der Waals surface area contributed by atoms with Crippen molar-refractivity contribution in [3.63, 3.8) is 0 Å². The van der Waals surface area contributed by atoms with Gasteiger partial charge in [-0.05, 0) is 97.5 Å². The first-order valence-electron chi connectivity index (χ1n) is 12.1. The van der Waals surface area contributed by atoms with Gasteiger partial charge in [0.2, 0.25) is 0 Å². The van der Waals surface area contributed by atoms with Crippen LogP contribution in [0.15, 0.2) is 85.1 Å². The maximum atomic E-state index is 13.9. The van der Waals surface area contributed by atoms with Crippen LogP contribution in [0.1, 0.15) is 54.4 Å². The van der Waals surface area contributed by atoms with Gasteiger partial charge in [-0.2, -0.15) is 0 Å². The number of aromatic nitrogens is 1. The van der Waals surface area contributed by atoms with Crippen molar-refractivity contribution >= 4 is 16.8 Å². The minimum absolute atomic E-state index is 0.0233. The van der Waals surface area contributed by atoms with E-state index in [2.05, 4.69) is 29.4 Å². The maximum absolute atomic E-state index is 13.9. The Kier molecular flexibility index (Phi) is 6.39. The van der Waals surface area contributed by atoms with Gasteiger partial charge >= 0.3 is 0 Å². The van der Waals surface area contributed by atoms with E-state index in [1.807, 2.05) is 54.7 Å². The lowest BCUT2D eigenvalue weighted by molar-refractivity contribution is 0.0918. The predicted octanol–water partition coefficient (Wildman–Crippen LogP) is 7.13. The van der Waals surface area contributed by atoms with Crippen LogP contribution in [0.5, 0.6) is 0 Å². The molecule has 1 heterocycles. The molecule has 1 fully saturated rings. The predicted molar refractivity (Wildman–Crippen MR) is 135 cm³/mol. The van der Waals surface area contributed by atoms with Gasteiger partial charge in [-0.15, -0.1) is 0 Å². The van der Waals surface area contributed by atoms with Gasteiger partial charge in [0.15, 0.2) is 0 Å². The smallest absolute Gasteiger partial charge is 0.251 e. The van der Waals surface area contributed by atoms with Crippen molar-refractivity contribution in [1.82, 2.24) is 10.3 Å². The lowest BCUT2D eigenvalue weighted by Gasteiger charge is -2.33. The first-order valence-corrected chi connectivity index (χ1v) is 12.1. The van der Waals surface area contributed by atoms with Gasteiger partial charge in [0.25, 0.3) is 5.91 Å². The van der Waals surface area contributed by atoms with Crippen LogP contribution in [0.2, 0.25) is 0 Å². The molecule has 0 bridgehead atoms. The summed E-state index contributed by atoms with van der Waals surface area (Å²) < 4.78 is 13.9. The fraction of sp³-hybridized carbons (Fsp3) is 0.267. The van der Waals surface area contributed by atoms with Crippen LogP contribution < -0.4 is 5.32 Å². The zero-order valence-electron chi connectivity index (χ0n) is 19.4. The van der Waals surface area contributed by atoms with Crippen molar-refractivity contribution in [2.45, 2.75) is 44.6 Å². The molecule has 0 unspecified atom stereocenters. The van der Waals surface area contributed by atoms with Crippen molar-refractivity contribution in [1.29, 1.82) is 0 Å². The number of carbonyl (C=O) groups is 1. The normalized spacial score (nSPS) is 19.0. The number of hydrogen-bond acceptors (Lipinski definition) is 2. The zero-order valence-corrected chi connectivity index (χ0v) is 19.4. The lowest BCUT2D eigenvalue weighted by atomic mass is 9.75. The summed E-state index contributed by atoms with van der Waals surface area (Å²) in [5, 5.41) is 4.14. The number of halogens is 1. The molecule has 172 valence electrons. The molecule has 1 amide bonds. The number of benzene rings is 3. The molecule has 1 aliphatic rings. The second-order valence-electron chi connectivity index (χ2n) is 9.38. The summed E-state index contributed by atoms with van der Waals surface area (Å²) in [7, 11) is 0. The molecule has 0 aliphatic heterocycles. The molecule has 1 saturated carbocycles. The van der Waals surface area contributed by atoms with E-state index in [9.17, 15) is 9.18 Å². The summed E-state index contributed by atoms with van der Waals surface area (Å²) in [5.74, 6) is 0.596. The number of hydrogen-bond donors (Lipinski definition) is 1. The Labute approximate surface area is 200 Å². The van der Waals surface area contributed by atoms with E-state index in [4.69, 9.17) is 0 Å². The van der Waals surface area contributed by atoms with Crippen LogP contribution in [-0.4, -0.2) is 16.9 Å². The summed E-state index contributed by atoms with van der Waals surface area (Å²) >= 11 is 0. The largest absolute Gasteiger partial charge is 0.349 e. The van der Waals surface area contributed by atoms with Gasteiger partial charge in [0.1, 0.15) is 5.82 Å². The molecule has 34 heavy (non-hydrogen) atoms. The van der Waals surface area contributed by atoms with Crippen LogP contribution in [0.25, 0.3) is 22.0 Å². The Bertz CT molecular complexity index is 1280. The number of nitrogens with zero attached hydrogens (tertiary/aromatic N) is 1. The molecule has 0 saturated heterocycles. The summed E-state index contributed by atoms with van der Waals surface area (Å²) in [6, 6.07) is 24.9. The third-order valence-electron chi connectivity index (χ3n) is 7.27. The SMILES string of the molecule is C[C@@H](NC(=O)c1ccc(-c2ccccc2)cc1)C1CCC(c2ccnc3ccc(F)cc23)CC1. The van der Waals surface area contributed by atoms with E-state index < -0.39 is 0 Å². The average Bonchev–Trinajstić information content (AvgIpc) is 2.89. The van der Waals surface area contributed by atoms with E-state index in [0.29, 0.717) is 17.4 Å². The Morgan fingerprint density at radius 1 is 0.912 bits per heavy atom. The number of rotatable bonds is 5. The van der Waals surface area contributed by atoms with E-state index >= 15 is 0 Å². The van der Waals surface area contributed by atoms with Crippen LogP contribution in [0, 0.1) is 11.7 Å². The average molecular weight is 453 g/mol. The first-order chi connectivity index (χ1) is 16.6. The van der Waals surface area contributed by atoms with Crippen LogP contribution in [0.4, 0.5) is 4.39 Å². The van der Waals surface area contributed by atoms with Crippen LogP contribution in [0.3, 0.4) is 0 Å². The molecule has 3 nitrogen and oxygen atoms in total. The second-order valence-corrected chi connectivity index (χ2v) is 9.38. The highest BCUT2D eigenvalue weighted by atomic mass is 19.1. The van der Waals surface area contributed by atoms with Crippen LogP contribution >= 0.6 is 0 Å². The molecular weight excluding hydrogens is 423 g/mol. The lowest BCUT2D eigenvalue weighted by Crippen LogP contribution is -2.39.